The third-order valence-corrected chi connectivity index (χ3v) is 4.88. The maximum Gasteiger partial charge on any atom is 0.264 e. The Kier molecular flexibility index (Phi) is 3.72. The average molecular weight is 293 g/mol. The predicted molar refractivity (Wildman–Crippen MR) is 77.5 cm³/mol. The van der Waals surface area contributed by atoms with Crippen molar-refractivity contribution in [3.63, 3.8) is 0 Å². The summed E-state index contributed by atoms with van der Waals surface area (Å²) in [6.45, 7) is 0.692. The first kappa shape index (κ1) is 13.5. The molecule has 0 bridgehead atoms. The minimum Gasteiger partial charge on any atom is -0.394 e. The molecule has 1 aromatic heterocycles. The summed E-state index contributed by atoms with van der Waals surface area (Å²) >= 11 is 1.31. The largest absolute Gasteiger partial charge is 0.394 e. The molecule has 0 spiro atoms. The van der Waals surface area contributed by atoms with E-state index in [1.807, 2.05) is 6.07 Å². The van der Waals surface area contributed by atoms with Gasteiger partial charge in [-0.05, 0) is 42.8 Å². The van der Waals surface area contributed by atoms with Gasteiger partial charge in [0.1, 0.15) is 5.82 Å². The highest BCUT2D eigenvalue weighted by Gasteiger charge is 2.27. The van der Waals surface area contributed by atoms with Crippen molar-refractivity contribution in [1.82, 2.24) is 4.90 Å². The van der Waals surface area contributed by atoms with Gasteiger partial charge in [0.05, 0.1) is 17.5 Å². The van der Waals surface area contributed by atoms with Crippen molar-refractivity contribution in [2.24, 2.45) is 0 Å². The lowest BCUT2D eigenvalue weighted by molar-refractivity contribution is 0.0508. The number of thiophene rings is 1. The van der Waals surface area contributed by atoms with Crippen molar-refractivity contribution >= 4 is 27.3 Å². The van der Waals surface area contributed by atoms with Crippen LogP contribution in [0.4, 0.5) is 4.39 Å². The van der Waals surface area contributed by atoms with Crippen LogP contribution in [-0.2, 0) is 0 Å². The molecule has 5 heteroatoms. The second-order valence-electron chi connectivity index (χ2n) is 5.12. The van der Waals surface area contributed by atoms with Gasteiger partial charge in [0.15, 0.2) is 0 Å². The number of hydrogen-bond donors (Lipinski definition) is 1. The van der Waals surface area contributed by atoms with Crippen LogP contribution in [0.5, 0.6) is 0 Å². The lowest BCUT2D eigenvalue weighted by atomic mass is 10.0. The number of aliphatic hydroxyl groups excluding tert-OH is 1. The summed E-state index contributed by atoms with van der Waals surface area (Å²) in [5, 5.41) is 10.3. The van der Waals surface area contributed by atoms with Crippen molar-refractivity contribution in [2.45, 2.75) is 25.3 Å². The van der Waals surface area contributed by atoms with Crippen molar-refractivity contribution in [2.75, 3.05) is 13.2 Å². The molecule has 1 aromatic carbocycles. The number of hydrogen-bond acceptors (Lipinski definition) is 3. The zero-order valence-electron chi connectivity index (χ0n) is 11.0. The van der Waals surface area contributed by atoms with Gasteiger partial charge in [-0.25, -0.2) is 4.39 Å². The lowest BCUT2D eigenvalue weighted by Gasteiger charge is -2.34. The van der Waals surface area contributed by atoms with Gasteiger partial charge in [0.2, 0.25) is 0 Å². The number of amides is 1. The summed E-state index contributed by atoms with van der Waals surface area (Å²) in [7, 11) is 0. The number of carbonyl (C=O) groups is 1. The quantitative estimate of drug-likeness (QED) is 0.924. The fourth-order valence-corrected chi connectivity index (χ4v) is 3.75. The number of fused-ring (bicyclic) bond motifs is 1. The third kappa shape index (κ3) is 2.43. The molecule has 20 heavy (non-hydrogen) atoms. The van der Waals surface area contributed by atoms with Gasteiger partial charge in [-0.3, -0.25) is 4.79 Å². The van der Waals surface area contributed by atoms with Crippen molar-refractivity contribution < 1.29 is 14.3 Å². The number of benzene rings is 1. The first-order valence-corrected chi connectivity index (χ1v) is 7.61. The van der Waals surface area contributed by atoms with Gasteiger partial charge >= 0.3 is 0 Å². The number of carbonyl (C=O) groups excluding carboxylic acids is 1. The molecule has 0 aliphatic carbocycles. The van der Waals surface area contributed by atoms with E-state index in [1.54, 1.807) is 11.0 Å². The van der Waals surface area contributed by atoms with Gasteiger partial charge in [0.25, 0.3) is 5.91 Å². The molecular formula is C15H16FNO2S. The molecule has 106 valence electrons. The van der Waals surface area contributed by atoms with E-state index in [4.69, 9.17) is 0 Å². The van der Waals surface area contributed by atoms with Crippen LogP contribution < -0.4 is 0 Å². The highest BCUT2D eigenvalue weighted by atomic mass is 32.1. The highest BCUT2D eigenvalue weighted by molar-refractivity contribution is 7.20. The summed E-state index contributed by atoms with van der Waals surface area (Å²) in [5.41, 5.74) is 0. The van der Waals surface area contributed by atoms with E-state index >= 15 is 0 Å². The van der Waals surface area contributed by atoms with E-state index in [1.165, 1.54) is 23.5 Å². The Bertz CT molecular complexity index is 640. The molecular weight excluding hydrogens is 277 g/mol. The van der Waals surface area contributed by atoms with Crippen LogP contribution in [0.2, 0.25) is 0 Å². The second-order valence-corrected chi connectivity index (χ2v) is 6.21. The molecule has 1 amide bonds. The molecule has 1 unspecified atom stereocenters. The third-order valence-electron chi connectivity index (χ3n) is 3.79. The molecule has 1 N–H and O–H groups in total. The van der Waals surface area contributed by atoms with Gasteiger partial charge in [-0.1, -0.05) is 6.07 Å². The van der Waals surface area contributed by atoms with Crippen LogP contribution in [0.25, 0.3) is 10.1 Å². The van der Waals surface area contributed by atoms with Gasteiger partial charge in [0, 0.05) is 11.2 Å². The van der Waals surface area contributed by atoms with Crippen LogP contribution in [0.1, 0.15) is 28.9 Å². The van der Waals surface area contributed by atoms with Crippen molar-refractivity contribution in [1.29, 1.82) is 0 Å². The van der Waals surface area contributed by atoms with E-state index in [-0.39, 0.29) is 24.4 Å². The maximum atomic E-state index is 13.2. The van der Waals surface area contributed by atoms with Crippen LogP contribution >= 0.6 is 11.3 Å². The zero-order valence-corrected chi connectivity index (χ0v) is 11.8. The van der Waals surface area contributed by atoms with E-state index in [2.05, 4.69) is 0 Å². The van der Waals surface area contributed by atoms with Crippen molar-refractivity contribution in [3.05, 3.63) is 35.0 Å². The molecule has 2 aromatic rings. The van der Waals surface area contributed by atoms with Gasteiger partial charge in [-0.2, -0.15) is 0 Å². The van der Waals surface area contributed by atoms with Crippen LogP contribution in [0.15, 0.2) is 24.3 Å². The average Bonchev–Trinajstić information content (AvgIpc) is 2.89. The Balaban J connectivity index is 1.91. The van der Waals surface area contributed by atoms with Crippen LogP contribution in [0, 0.1) is 5.82 Å². The lowest BCUT2D eigenvalue weighted by Crippen LogP contribution is -2.45. The summed E-state index contributed by atoms with van der Waals surface area (Å²) in [5.74, 6) is -0.338. The number of piperidine rings is 1. The fourth-order valence-electron chi connectivity index (χ4n) is 2.71. The summed E-state index contributed by atoms with van der Waals surface area (Å²) in [6.07, 6.45) is 2.87. The van der Waals surface area contributed by atoms with E-state index in [0.29, 0.717) is 11.4 Å². The van der Waals surface area contributed by atoms with Crippen molar-refractivity contribution in [3.8, 4) is 0 Å². The topological polar surface area (TPSA) is 40.5 Å². The number of likely N-dealkylation sites (tertiary alicyclic amines) is 1. The first-order valence-electron chi connectivity index (χ1n) is 6.80. The summed E-state index contributed by atoms with van der Waals surface area (Å²) < 4.78 is 14.0. The molecule has 3 nitrogen and oxygen atoms in total. The summed E-state index contributed by atoms with van der Waals surface area (Å²) in [4.78, 5) is 14.9. The molecule has 1 atom stereocenters. The second kappa shape index (κ2) is 5.50. The molecule has 0 saturated carbocycles. The number of nitrogens with zero attached hydrogens (tertiary/aromatic N) is 1. The highest BCUT2D eigenvalue weighted by Crippen LogP contribution is 2.29. The predicted octanol–water partition coefficient (Wildman–Crippen LogP) is 3.03. The van der Waals surface area contributed by atoms with Gasteiger partial charge in [-0.15, -0.1) is 11.3 Å². The number of rotatable bonds is 2. The molecule has 2 heterocycles. The number of aliphatic hydroxyl groups is 1. The maximum absolute atomic E-state index is 13.2. The standard InChI is InChI=1S/C15H16FNO2S/c16-11-5-4-10-7-14(20-13(10)8-11)15(19)17-6-2-1-3-12(17)9-18/h4-5,7-8,12,18H,1-3,6,9H2. The molecule has 1 saturated heterocycles. The molecule has 1 fully saturated rings. The zero-order chi connectivity index (χ0) is 14.1. The van der Waals surface area contributed by atoms with Crippen LogP contribution in [-0.4, -0.2) is 35.1 Å². The SMILES string of the molecule is O=C(c1cc2ccc(F)cc2s1)N1CCCCC1CO. The fraction of sp³-hybridized carbons (Fsp3) is 0.400. The number of halogens is 1. The van der Waals surface area contributed by atoms with E-state index < -0.39 is 0 Å². The Morgan fingerprint density at radius 3 is 3.05 bits per heavy atom. The molecule has 1 aliphatic rings. The minimum absolute atomic E-state index is 0.00522. The molecule has 0 radical (unpaired) electrons. The smallest absolute Gasteiger partial charge is 0.264 e. The Morgan fingerprint density at radius 2 is 2.25 bits per heavy atom. The Labute approximate surface area is 120 Å². The van der Waals surface area contributed by atoms with Crippen LogP contribution in [0.3, 0.4) is 0 Å². The molecule has 1 aliphatic heterocycles. The molecule has 3 rings (SSSR count). The normalized spacial score (nSPS) is 19.5. The van der Waals surface area contributed by atoms with Gasteiger partial charge < -0.3 is 10.0 Å². The van der Waals surface area contributed by atoms with E-state index in [0.717, 1.165) is 29.3 Å². The minimum atomic E-state index is -0.287. The summed E-state index contributed by atoms with van der Waals surface area (Å²) in [6, 6.07) is 6.28. The first-order chi connectivity index (χ1) is 9.69. The Morgan fingerprint density at radius 1 is 1.40 bits per heavy atom. The monoisotopic (exact) mass is 293 g/mol. The Hall–Kier alpha value is -1.46. The van der Waals surface area contributed by atoms with E-state index in [9.17, 15) is 14.3 Å².